The minimum atomic E-state index is -4.50. The van der Waals surface area contributed by atoms with Gasteiger partial charge in [-0.05, 0) is 44.0 Å². The number of carbonyl (C=O) groups excluding carboxylic acids is 1. The molecule has 1 saturated heterocycles. The molecule has 34 heavy (non-hydrogen) atoms. The second-order valence-electron chi connectivity index (χ2n) is 8.41. The van der Waals surface area contributed by atoms with Gasteiger partial charge in [-0.3, -0.25) is 4.79 Å². The number of amides is 1. The summed E-state index contributed by atoms with van der Waals surface area (Å²) < 4.78 is 39.7. The number of nitrogens with one attached hydrogen (secondary N) is 2. The maximum Gasteiger partial charge on any atom is 0.416 e. The summed E-state index contributed by atoms with van der Waals surface area (Å²) in [6.07, 6.45) is -2.14. The third kappa shape index (κ3) is 5.10. The average molecular weight is 474 g/mol. The molecule has 0 bridgehead atoms. The van der Waals surface area contributed by atoms with Gasteiger partial charge in [-0.1, -0.05) is 0 Å². The van der Waals surface area contributed by atoms with Crippen LogP contribution < -0.4 is 21.3 Å². The largest absolute Gasteiger partial charge is 0.416 e. The van der Waals surface area contributed by atoms with Gasteiger partial charge in [0.2, 0.25) is 11.9 Å². The summed E-state index contributed by atoms with van der Waals surface area (Å²) >= 11 is 0. The van der Waals surface area contributed by atoms with Gasteiger partial charge in [0.15, 0.2) is 5.82 Å². The van der Waals surface area contributed by atoms with Gasteiger partial charge in [-0.25, -0.2) is 19.9 Å². The van der Waals surface area contributed by atoms with Gasteiger partial charge in [0.05, 0.1) is 17.8 Å². The van der Waals surface area contributed by atoms with Crippen molar-refractivity contribution in [3.05, 3.63) is 41.3 Å². The molecule has 3 aromatic rings. The Hall–Kier alpha value is -3.70. The SMILES string of the molecule is CC(=O)N[C@H]1CCN(c2ncc3nc(C)nc(N[C@H](C)c4cc(N)cc(C(F)(F)F)c4)c3n2)C1. The first-order valence-electron chi connectivity index (χ1n) is 10.8. The maximum absolute atomic E-state index is 13.2. The first-order valence-corrected chi connectivity index (χ1v) is 10.8. The second kappa shape index (κ2) is 8.92. The predicted octanol–water partition coefficient (Wildman–Crippen LogP) is 3.22. The minimum Gasteiger partial charge on any atom is -0.399 e. The number of fused-ring (bicyclic) bond motifs is 1. The number of aryl methyl sites for hydroxylation is 1. The van der Waals surface area contributed by atoms with Crippen LogP contribution in [0, 0.1) is 6.92 Å². The van der Waals surface area contributed by atoms with Crippen molar-refractivity contribution >= 4 is 34.4 Å². The smallest absolute Gasteiger partial charge is 0.399 e. The molecule has 2 atom stereocenters. The van der Waals surface area contributed by atoms with Crippen molar-refractivity contribution < 1.29 is 18.0 Å². The highest BCUT2D eigenvalue weighted by atomic mass is 19.4. The minimum absolute atomic E-state index is 0.00931. The predicted molar refractivity (Wildman–Crippen MR) is 122 cm³/mol. The fourth-order valence-corrected chi connectivity index (χ4v) is 4.02. The molecule has 4 N–H and O–H groups in total. The fraction of sp³-hybridized carbons (Fsp3) is 0.409. The van der Waals surface area contributed by atoms with Crippen molar-refractivity contribution in [2.75, 3.05) is 29.0 Å². The Morgan fingerprint density at radius 2 is 2.00 bits per heavy atom. The standard InChI is InChI=1S/C22H25F3N8O/c1-11(14-6-15(22(23,24)25)8-16(26)7-14)28-20-19-18(29-12(2)30-20)9-27-21(32-19)33-5-4-17(10-33)31-13(3)34/h6-9,11,17H,4-5,10,26H2,1-3H3,(H,31,34)(H,28,29,30)/t11-,17+/m1/s1. The third-order valence-corrected chi connectivity index (χ3v) is 5.57. The Kier molecular flexibility index (Phi) is 6.15. The molecule has 1 aromatic carbocycles. The van der Waals surface area contributed by atoms with Gasteiger partial charge in [-0.2, -0.15) is 13.2 Å². The summed E-state index contributed by atoms with van der Waals surface area (Å²) in [5.41, 5.74) is 6.26. The highest BCUT2D eigenvalue weighted by molar-refractivity contribution is 5.85. The van der Waals surface area contributed by atoms with E-state index in [4.69, 9.17) is 5.73 Å². The number of nitrogens with zero attached hydrogens (tertiary/aromatic N) is 5. The van der Waals surface area contributed by atoms with E-state index in [1.807, 2.05) is 4.90 Å². The van der Waals surface area contributed by atoms with E-state index in [0.29, 0.717) is 47.3 Å². The van der Waals surface area contributed by atoms with E-state index in [2.05, 4.69) is 30.6 Å². The quantitative estimate of drug-likeness (QED) is 0.482. The van der Waals surface area contributed by atoms with E-state index in [9.17, 15) is 18.0 Å². The molecule has 0 radical (unpaired) electrons. The Morgan fingerprint density at radius 1 is 1.24 bits per heavy atom. The van der Waals surface area contributed by atoms with Crippen LogP contribution in [0.1, 0.15) is 43.3 Å². The molecule has 1 aliphatic heterocycles. The van der Waals surface area contributed by atoms with E-state index >= 15 is 0 Å². The lowest BCUT2D eigenvalue weighted by atomic mass is 10.0. The Labute approximate surface area is 194 Å². The number of rotatable bonds is 5. The first kappa shape index (κ1) is 23.5. The summed E-state index contributed by atoms with van der Waals surface area (Å²) in [4.78, 5) is 31.2. The lowest BCUT2D eigenvalue weighted by Gasteiger charge is -2.20. The number of aromatic nitrogens is 4. The van der Waals surface area contributed by atoms with E-state index in [1.165, 1.54) is 13.0 Å². The molecule has 2 aromatic heterocycles. The molecule has 1 fully saturated rings. The molecule has 9 nitrogen and oxygen atoms in total. The van der Waals surface area contributed by atoms with Crippen LogP contribution >= 0.6 is 0 Å². The van der Waals surface area contributed by atoms with Crippen molar-refractivity contribution in [3.8, 4) is 0 Å². The van der Waals surface area contributed by atoms with E-state index in [1.54, 1.807) is 20.0 Å². The maximum atomic E-state index is 13.2. The lowest BCUT2D eigenvalue weighted by Crippen LogP contribution is -2.35. The Morgan fingerprint density at radius 3 is 2.71 bits per heavy atom. The number of anilines is 3. The van der Waals surface area contributed by atoms with Crippen LogP contribution in [0.25, 0.3) is 11.0 Å². The molecule has 0 saturated carbocycles. The topological polar surface area (TPSA) is 122 Å². The van der Waals surface area contributed by atoms with Crippen LogP contribution in [0.4, 0.5) is 30.6 Å². The average Bonchev–Trinajstić information content (AvgIpc) is 3.20. The number of carbonyl (C=O) groups is 1. The van der Waals surface area contributed by atoms with Crippen molar-refractivity contribution in [1.82, 2.24) is 25.3 Å². The number of alkyl halides is 3. The van der Waals surface area contributed by atoms with E-state index in [0.717, 1.165) is 18.6 Å². The van der Waals surface area contributed by atoms with Gasteiger partial charge in [0.1, 0.15) is 16.9 Å². The Balaban J connectivity index is 1.64. The summed E-state index contributed by atoms with van der Waals surface area (Å²) in [6, 6.07) is 2.93. The summed E-state index contributed by atoms with van der Waals surface area (Å²) in [7, 11) is 0. The number of hydrogen-bond donors (Lipinski definition) is 3. The molecule has 1 amide bonds. The molecule has 1 aliphatic rings. The molecule has 0 spiro atoms. The lowest BCUT2D eigenvalue weighted by molar-refractivity contribution is -0.137. The number of hydrogen-bond acceptors (Lipinski definition) is 8. The van der Waals surface area contributed by atoms with Gasteiger partial charge in [0.25, 0.3) is 0 Å². The van der Waals surface area contributed by atoms with Crippen molar-refractivity contribution in [2.24, 2.45) is 0 Å². The van der Waals surface area contributed by atoms with Crippen molar-refractivity contribution in [2.45, 2.75) is 45.5 Å². The van der Waals surface area contributed by atoms with Crippen LogP contribution in [-0.2, 0) is 11.0 Å². The summed E-state index contributed by atoms with van der Waals surface area (Å²) in [6.45, 7) is 6.15. The highest BCUT2D eigenvalue weighted by Gasteiger charge is 2.31. The van der Waals surface area contributed by atoms with Crippen molar-refractivity contribution in [1.29, 1.82) is 0 Å². The molecular weight excluding hydrogens is 449 g/mol. The highest BCUT2D eigenvalue weighted by Crippen LogP contribution is 2.34. The molecular formula is C22H25F3N8O. The number of benzene rings is 1. The first-order chi connectivity index (χ1) is 16.0. The molecule has 3 heterocycles. The molecule has 0 aliphatic carbocycles. The monoisotopic (exact) mass is 474 g/mol. The van der Waals surface area contributed by atoms with Gasteiger partial charge >= 0.3 is 6.18 Å². The van der Waals surface area contributed by atoms with Gasteiger partial charge in [0, 0.05) is 31.7 Å². The van der Waals surface area contributed by atoms with Crippen LogP contribution in [0.5, 0.6) is 0 Å². The van der Waals surface area contributed by atoms with Gasteiger partial charge < -0.3 is 21.3 Å². The zero-order chi connectivity index (χ0) is 24.6. The molecule has 180 valence electrons. The van der Waals surface area contributed by atoms with Crippen LogP contribution in [-0.4, -0.2) is 45.0 Å². The molecule has 12 heteroatoms. The summed E-state index contributed by atoms with van der Waals surface area (Å²) in [5.74, 6) is 1.22. The number of nitrogen functional groups attached to an aromatic ring is 1. The Bertz CT molecular complexity index is 1230. The van der Waals surface area contributed by atoms with Crippen LogP contribution in [0.2, 0.25) is 0 Å². The van der Waals surface area contributed by atoms with Crippen molar-refractivity contribution in [3.63, 3.8) is 0 Å². The van der Waals surface area contributed by atoms with Crippen LogP contribution in [0.3, 0.4) is 0 Å². The zero-order valence-electron chi connectivity index (χ0n) is 18.9. The fourth-order valence-electron chi connectivity index (χ4n) is 4.02. The summed E-state index contributed by atoms with van der Waals surface area (Å²) in [5, 5.41) is 6.06. The van der Waals surface area contributed by atoms with E-state index in [-0.39, 0.29) is 17.6 Å². The van der Waals surface area contributed by atoms with Gasteiger partial charge in [-0.15, -0.1) is 0 Å². The van der Waals surface area contributed by atoms with E-state index < -0.39 is 17.8 Å². The number of halogens is 3. The normalized spacial score (nSPS) is 17.1. The molecule has 4 rings (SSSR count). The molecule has 0 unspecified atom stereocenters. The second-order valence-corrected chi connectivity index (χ2v) is 8.41. The zero-order valence-corrected chi connectivity index (χ0v) is 18.9. The van der Waals surface area contributed by atoms with Crippen LogP contribution in [0.15, 0.2) is 24.4 Å². The third-order valence-electron chi connectivity index (χ3n) is 5.57. The number of nitrogens with two attached hydrogens (primary N) is 1.